The molecular formula is C23H21FN6. The molecule has 0 radical (unpaired) electrons. The molecule has 1 aromatic carbocycles. The van der Waals surface area contributed by atoms with E-state index in [1.807, 2.05) is 25.5 Å². The third-order valence-electron chi connectivity index (χ3n) is 5.56. The maximum atomic E-state index is 14.1. The predicted octanol–water partition coefficient (Wildman–Crippen LogP) is 4.60. The van der Waals surface area contributed by atoms with Crippen LogP contribution in [0.4, 0.5) is 15.8 Å². The van der Waals surface area contributed by atoms with Crippen molar-refractivity contribution >= 4 is 11.4 Å². The van der Waals surface area contributed by atoms with E-state index in [-0.39, 0.29) is 11.2 Å². The first-order chi connectivity index (χ1) is 14.4. The molecule has 4 heterocycles. The van der Waals surface area contributed by atoms with Gasteiger partial charge in [-0.3, -0.25) is 4.98 Å². The molecule has 3 aromatic heterocycles. The van der Waals surface area contributed by atoms with E-state index in [4.69, 9.17) is 0 Å². The summed E-state index contributed by atoms with van der Waals surface area (Å²) in [4.78, 5) is 19.3. The molecule has 1 aliphatic rings. The van der Waals surface area contributed by atoms with Crippen LogP contribution in [0.3, 0.4) is 0 Å². The Bertz CT molecular complexity index is 1230. The Balaban J connectivity index is 1.56. The number of nitrogens with zero attached hydrogens (tertiary/aromatic N) is 6. The highest BCUT2D eigenvalue weighted by Gasteiger charge is 2.36. The predicted molar refractivity (Wildman–Crippen MR) is 114 cm³/mol. The maximum Gasteiger partial charge on any atom is 0.165 e. The monoisotopic (exact) mass is 400 g/mol. The van der Waals surface area contributed by atoms with Crippen molar-refractivity contribution in [3.8, 4) is 16.9 Å². The standard InChI is InChI=1S/C23H21FN6/c1-15-26-9-17(10-27-15)30-13-23(2,3)18-5-4-16(8-22(18)30)20-12-29(14-28-20)21-6-7-25-11-19(21)24/h4-12,14H,13H2,1-3H3. The zero-order chi connectivity index (χ0) is 20.9. The Kier molecular flexibility index (Phi) is 4.13. The van der Waals surface area contributed by atoms with Crippen molar-refractivity contribution in [2.75, 3.05) is 11.4 Å². The second-order valence-electron chi connectivity index (χ2n) is 8.18. The van der Waals surface area contributed by atoms with Gasteiger partial charge >= 0.3 is 0 Å². The van der Waals surface area contributed by atoms with Gasteiger partial charge in [0, 0.05) is 35.6 Å². The molecule has 1 aliphatic heterocycles. The minimum atomic E-state index is -0.386. The van der Waals surface area contributed by atoms with Crippen LogP contribution < -0.4 is 4.90 Å². The number of hydrogen-bond acceptors (Lipinski definition) is 5. The normalized spacial score (nSPS) is 14.7. The van der Waals surface area contributed by atoms with E-state index in [9.17, 15) is 4.39 Å². The average Bonchev–Trinajstić information content (AvgIpc) is 3.32. The minimum absolute atomic E-state index is 0.00171. The van der Waals surface area contributed by atoms with Crippen LogP contribution >= 0.6 is 0 Å². The van der Waals surface area contributed by atoms with Crippen molar-refractivity contribution in [2.24, 2.45) is 0 Å². The number of anilines is 2. The average molecular weight is 400 g/mol. The van der Waals surface area contributed by atoms with Gasteiger partial charge in [0.25, 0.3) is 0 Å². The highest BCUT2D eigenvalue weighted by molar-refractivity contribution is 5.77. The van der Waals surface area contributed by atoms with Gasteiger partial charge in [-0.25, -0.2) is 19.3 Å². The van der Waals surface area contributed by atoms with E-state index in [0.717, 1.165) is 35.0 Å². The van der Waals surface area contributed by atoms with E-state index in [0.29, 0.717) is 5.69 Å². The van der Waals surface area contributed by atoms with Crippen LogP contribution in [0.5, 0.6) is 0 Å². The van der Waals surface area contributed by atoms with Gasteiger partial charge in [-0.05, 0) is 24.6 Å². The second kappa shape index (κ2) is 6.73. The number of hydrogen-bond donors (Lipinski definition) is 0. The van der Waals surface area contributed by atoms with Gasteiger partial charge in [0.15, 0.2) is 5.82 Å². The fourth-order valence-corrected chi connectivity index (χ4v) is 3.99. The van der Waals surface area contributed by atoms with Gasteiger partial charge in [-0.15, -0.1) is 0 Å². The summed E-state index contributed by atoms with van der Waals surface area (Å²) in [7, 11) is 0. The van der Waals surface area contributed by atoms with E-state index >= 15 is 0 Å². The highest BCUT2D eigenvalue weighted by Crippen LogP contribution is 2.45. The summed E-state index contributed by atoms with van der Waals surface area (Å²) in [5.74, 6) is 0.364. The molecule has 6 nitrogen and oxygen atoms in total. The molecule has 0 spiro atoms. The van der Waals surface area contributed by atoms with Crippen LogP contribution in [0.15, 0.2) is 61.6 Å². The Morgan fingerprint density at radius 2 is 1.80 bits per heavy atom. The number of aromatic nitrogens is 5. The summed E-state index contributed by atoms with van der Waals surface area (Å²) in [6.45, 7) is 7.20. The van der Waals surface area contributed by atoms with Gasteiger partial charge in [0.05, 0.1) is 35.7 Å². The van der Waals surface area contributed by atoms with Gasteiger partial charge in [-0.1, -0.05) is 26.0 Å². The van der Waals surface area contributed by atoms with Crippen LogP contribution in [0.1, 0.15) is 25.2 Å². The molecule has 0 N–H and O–H groups in total. The van der Waals surface area contributed by atoms with Gasteiger partial charge in [0.2, 0.25) is 0 Å². The van der Waals surface area contributed by atoms with Gasteiger partial charge in [-0.2, -0.15) is 0 Å². The second-order valence-corrected chi connectivity index (χ2v) is 8.18. The van der Waals surface area contributed by atoms with Gasteiger partial charge in [0.1, 0.15) is 12.2 Å². The first-order valence-corrected chi connectivity index (χ1v) is 9.77. The molecule has 4 aromatic rings. The molecule has 0 amide bonds. The zero-order valence-corrected chi connectivity index (χ0v) is 17.0. The zero-order valence-electron chi connectivity index (χ0n) is 17.0. The molecule has 0 saturated heterocycles. The van der Waals surface area contributed by atoms with Crippen molar-refractivity contribution in [3.05, 3.63) is 78.8 Å². The number of imidazole rings is 1. The maximum absolute atomic E-state index is 14.1. The lowest BCUT2D eigenvalue weighted by atomic mass is 9.86. The summed E-state index contributed by atoms with van der Waals surface area (Å²) in [5, 5.41) is 0. The van der Waals surface area contributed by atoms with E-state index < -0.39 is 0 Å². The van der Waals surface area contributed by atoms with Crippen LogP contribution in [0.25, 0.3) is 16.9 Å². The summed E-state index contributed by atoms with van der Waals surface area (Å²) in [6.07, 6.45) is 9.95. The molecule has 30 heavy (non-hydrogen) atoms. The Morgan fingerprint density at radius 1 is 1.00 bits per heavy atom. The Hall–Kier alpha value is -3.61. The van der Waals surface area contributed by atoms with E-state index in [1.54, 1.807) is 23.2 Å². The molecule has 7 heteroatoms. The number of aryl methyl sites for hydroxylation is 1. The van der Waals surface area contributed by atoms with Crippen LogP contribution in [0, 0.1) is 12.7 Å². The van der Waals surface area contributed by atoms with Crippen molar-refractivity contribution in [2.45, 2.75) is 26.2 Å². The lowest BCUT2D eigenvalue weighted by Gasteiger charge is -2.22. The highest BCUT2D eigenvalue weighted by atomic mass is 19.1. The Morgan fingerprint density at radius 3 is 2.57 bits per heavy atom. The minimum Gasteiger partial charge on any atom is -0.338 e. The lowest BCUT2D eigenvalue weighted by Crippen LogP contribution is -2.25. The fraction of sp³-hybridized carbons (Fsp3) is 0.217. The lowest BCUT2D eigenvalue weighted by molar-refractivity contribution is 0.569. The largest absolute Gasteiger partial charge is 0.338 e. The summed E-state index contributed by atoms with van der Waals surface area (Å²) >= 11 is 0. The number of halogens is 1. The number of rotatable bonds is 3. The molecule has 0 atom stereocenters. The van der Waals surface area contributed by atoms with E-state index in [1.165, 1.54) is 11.8 Å². The van der Waals surface area contributed by atoms with Crippen molar-refractivity contribution in [1.29, 1.82) is 0 Å². The van der Waals surface area contributed by atoms with Crippen LogP contribution in [-0.2, 0) is 5.41 Å². The summed E-state index contributed by atoms with van der Waals surface area (Å²) in [5.41, 5.74) is 5.52. The van der Waals surface area contributed by atoms with Crippen molar-refractivity contribution in [1.82, 2.24) is 24.5 Å². The van der Waals surface area contributed by atoms with Crippen molar-refractivity contribution in [3.63, 3.8) is 0 Å². The molecule has 0 bridgehead atoms. The number of benzene rings is 1. The molecule has 0 fully saturated rings. The molecular weight excluding hydrogens is 379 g/mol. The SMILES string of the molecule is Cc1ncc(N2CC(C)(C)c3ccc(-c4cn(-c5ccncc5F)cn4)cc32)cn1. The molecule has 0 saturated carbocycles. The third kappa shape index (κ3) is 3.03. The van der Waals surface area contributed by atoms with Gasteiger partial charge < -0.3 is 9.47 Å². The quantitative estimate of drug-likeness (QED) is 0.503. The summed E-state index contributed by atoms with van der Waals surface area (Å²) in [6, 6.07) is 8.00. The number of fused-ring (bicyclic) bond motifs is 1. The number of pyridine rings is 1. The molecule has 0 unspecified atom stereocenters. The molecule has 0 aliphatic carbocycles. The first-order valence-electron chi connectivity index (χ1n) is 9.77. The smallest absolute Gasteiger partial charge is 0.165 e. The van der Waals surface area contributed by atoms with E-state index in [2.05, 4.69) is 56.9 Å². The van der Waals surface area contributed by atoms with Crippen LogP contribution in [0.2, 0.25) is 0 Å². The molecule has 150 valence electrons. The Labute approximate surface area is 174 Å². The first kappa shape index (κ1) is 18.4. The topological polar surface area (TPSA) is 59.7 Å². The third-order valence-corrected chi connectivity index (χ3v) is 5.56. The summed E-state index contributed by atoms with van der Waals surface area (Å²) < 4.78 is 15.8. The fourth-order valence-electron chi connectivity index (χ4n) is 3.99. The molecule has 5 rings (SSSR count). The van der Waals surface area contributed by atoms with Crippen LogP contribution in [-0.4, -0.2) is 31.0 Å². The van der Waals surface area contributed by atoms with Crippen molar-refractivity contribution < 1.29 is 4.39 Å².